The number of hydrogen-bond acceptors (Lipinski definition) is 5. The molecule has 6 heteroatoms. The van der Waals surface area contributed by atoms with Crippen molar-refractivity contribution in [2.24, 2.45) is 18.9 Å². The Kier molecular flexibility index (Phi) is 4.26. The number of aliphatic hydroxyl groups excluding tert-OH is 1. The molecule has 1 saturated heterocycles. The van der Waals surface area contributed by atoms with Crippen LogP contribution in [0.25, 0.3) is 0 Å². The molecule has 0 spiro atoms. The Bertz CT molecular complexity index is 632. The summed E-state index contributed by atoms with van der Waals surface area (Å²) in [6.45, 7) is 10.3. The smallest absolute Gasteiger partial charge is 0.124 e. The molecule has 1 aliphatic heterocycles. The van der Waals surface area contributed by atoms with Crippen LogP contribution >= 0.6 is 0 Å². The number of aliphatic hydroxyl groups is 1. The zero-order valence-corrected chi connectivity index (χ0v) is 15.5. The molecular weight excluding hydrogens is 306 g/mol. The van der Waals surface area contributed by atoms with Crippen LogP contribution in [0.1, 0.15) is 45.5 Å². The lowest BCUT2D eigenvalue weighted by Gasteiger charge is -2.26. The van der Waals surface area contributed by atoms with Gasteiger partial charge in [0, 0.05) is 25.3 Å². The monoisotopic (exact) mass is 335 g/mol. The summed E-state index contributed by atoms with van der Waals surface area (Å²) >= 11 is 0. The normalized spacial score (nSPS) is 28.5. The van der Waals surface area contributed by atoms with Crippen LogP contribution in [0.5, 0.6) is 0 Å². The summed E-state index contributed by atoms with van der Waals surface area (Å²) in [5.41, 5.74) is 2.40. The standard InChI is InChI=1S/C18H29N3O3/c1-12-7-15(20(6)19-12)8-13-9-16(10-14(13)11-22)21-23-17(2,3)18(4,5)24-21/h7,10,13-14,22H,8-9,11H2,1-6H3. The maximum atomic E-state index is 9.79. The first-order chi connectivity index (χ1) is 11.1. The molecule has 0 amide bonds. The predicted molar refractivity (Wildman–Crippen MR) is 90.6 cm³/mol. The van der Waals surface area contributed by atoms with E-state index < -0.39 is 11.2 Å². The lowest BCUT2D eigenvalue weighted by molar-refractivity contribution is -0.303. The summed E-state index contributed by atoms with van der Waals surface area (Å²) in [5.74, 6) is 0.424. The van der Waals surface area contributed by atoms with Gasteiger partial charge in [0.05, 0.1) is 11.4 Å². The molecule has 1 N–H and O–H groups in total. The minimum atomic E-state index is -0.403. The van der Waals surface area contributed by atoms with Crippen molar-refractivity contribution in [1.82, 2.24) is 15.0 Å². The molecule has 0 aromatic carbocycles. The van der Waals surface area contributed by atoms with E-state index in [-0.39, 0.29) is 12.5 Å². The molecule has 6 nitrogen and oxygen atoms in total. The van der Waals surface area contributed by atoms with Crippen molar-refractivity contribution in [2.75, 3.05) is 6.61 Å². The van der Waals surface area contributed by atoms with E-state index in [1.54, 1.807) is 5.23 Å². The quantitative estimate of drug-likeness (QED) is 0.916. The van der Waals surface area contributed by atoms with Gasteiger partial charge in [-0.25, -0.2) is 9.68 Å². The van der Waals surface area contributed by atoms with Gasteiger partial charge in [-0.3, -0.25) is 4.68 Å². The van der Waals surface area contributed by atoms with E-state index in [1.807, 2.05) is 46.3 Å². The molecule has 1 aromatic rings. The first-order valence-corrected chi connectivity index (χ1v) is 8.62. The molecule has 0 saturated carbocycles. The Morgan fingerprint density at radius 1 is 1.25 bits per heavy atom. The molecule has 3 rings (SSSR count). The molecular formula is C18H29N3O3. The average Bonchev–Trinajstić information content (AvgIpc) is 3.07. The highest BCUT2D eigenvalue weighted by Crippen LogP contribution is 2.43. The third-order valence-corrected chi connectivity index (χ3v) is 5.57. The van der Waals surface area contributed by atoms with E-state index in [2.05, 4.69) is 17.2 Å². The molecule has 1 aromatic heterocycles. The van der Waals surface area contributed by atoms with Crippen LogP contribution in [-0.2, 0) is 23.1 Å². The Balaban J connectivity index is 1.73. The van der Waals surface area contributed by atoms with Gasteiger partial charge < -0.3 is 5.11 Å². The third kappa shape index (κ3) is 2.98. The van der Waals surface area contributed by atoms with E-state index in [0.29, 0.717) is 5.92 Å². The molecule has 0 radical (unpaired) electrons. The number of aryl methyl sites for hydroxylation is 2. The number of nitrogens with zero attached hydrogens (tertiary/aromatic N) is 3. The summed E-state index contributed by atoms with van der Waals surface area (Å²) in [4.78, 5) is 12.0. The highest BCUT2D eigenvalue weighted by atomic mass is 17.0. The van der Waals surface area contributed by atoms with Crippen LogP contribution < -0.4 is 0 Å². The van der Waals surface area contributed by atoms with Gasteiger partial charge in [-0.15, -0.1) is 5.23 Å². The molecule has 2 heterocycles. The van der Waals surface area contributed by atoms with E-state index in [9.17, 15) is 5.11 Å². The zero-order chi connectivity index (χ0) is 17.7. The molecule has 134 valence electrons. The first kappa shape index (κ1) is 17.5. The van der Waals surface area contributed by atoms with Crippen LogP contribution in [0.15, 0.2) is 17.8 Å². The largest absolute Gasteiger partial charge is 0.396 e. The van der Waals surface area contributed by atoms with Crippen LogP contribution in [0.4, 0.5) is 0 Å². The van der Waals surface area contributed by atoms with E-state index in [0.717, 1.165) is 24.2 Å². The Morgan fingerprint density at radius 3 is 2.38 bits per heavy atom. The maximum absolute atomic E-state index is 9.79. The van der Waals surface area contributed by atoms with Crippen molar-refractivity contribution >= 4 is 0 Å². The van der Waals surface area contributed by atoms with Crippen molar-refractivity contribution in [1.29, 1.82) is 0 Å². The number of hydrogen-bond donors (Lipinski definition) is 1. The average molecular weight is 335 g/mol. The van der Waals surface area contributed by atoms with Gasteiger partial charge in [0.2, 0.25) is 0 Å². The van der Waals surface area contributed by atoms with Gasteiger partial charge in [-0.05, 0) is 59.4 Å². The van der Waals surface area contributed by atoms with Gasteiger partial charge >= 0.3 is 0 Å². The van der Waals surface area contributed by atoms with Crippen LogP contribution in [0, 0.1) is 18.8 Å². The summed E-state index contributed by atoms with van der Waals surface area (Å²) in [6.07, 6.45) is 3.79. The molecule has 0 bridgehead atoms. The summed E-state index contributed by atoms with van der Waals surface area (Å²) in [7, 11) is 1.97. The van der Waals surface area contributed by atoms with Gasteiger partial charge in [0.25, 0.3) is 0 Å². The molecule has 1 aliphatic carbocycles. The van der Waals surface area contributed by atoms with E-state index in [1.165, 1.54) is 5.69 Å². The van der Waals surface area contributed by atoms with E-state index >= 15 is 0 Å². The summed E-state index contributed by atoms with van der Waals surface area (Å²) in [6, 6.07) is 2.11. The zero-order valence-electron chi connectivity index (χ0n) is 15.5. The Hall–Kier alpha value is -1.37. The number of rotatable bonds is 4. The topological polar surface area (TPSA) is 59.8 Å². The predicted octanol–water partition coefficient (Wildman–Crippen LogP) is 2.52. The van der Waals surface area contributed by atoms with Gasteiger partial charge in [0.1, 0.15) is 11.2 Å². The van der Waals surface area contributed by atoms with Crippen molar-refractivity contribution < 1.29 is 14.8 Å². The maximum Gasteiger partial charge on any atom is 0.124 e. The van der Waals surface area contributed by atoms with Gasteiger partial charge in [-0.1, -0.05) is 6.08 Å². The Morgan fingerprint density at radius 2 is 1.88 bits per heavy atom. The fraction of sp³-hybridized carbons (Fsp3) is 0.722. The summed E-state index contributed by atoms with van der Waals surface area (Å²) in [5, 5.41) is 15.8. The molecule has 1 fully saturated rings. The first-order valence-electron chi connectivity index (χ1n) is 8.62. The second kappa shape index (κ2) is 5.86. The SMILES string of the molecule is Cc1cc(CC2CC(N3OC(C)(C)C(C)(C)O3)=CC2CO)n(C)n1. The van der Waals surface area contributed by atoms with Crippen LogP contribution in [-0.4, -0.2) is 37.9 Å². The second-order valence-electron chi connectivity index (χ2n) is 8.03. The number of allylic oxidation sites excluding steroid dienone is 1. The number of hydroxylamine groups is 2. The van der Waals surface area contributed by atoms with Crippen molar-refractivity contribution in [3.05, 3.63) is 29.2 Å². The minimum absolute atomic E-state index is 0.106. The minimum Gasteiger partial charge on any atom is -0.396 e. The van der Waals surface area contributed by atoms with Gasteiger partial charge in [-0.2, -0.15) is 5.10 Å². The van der Waals surface area contributed by atoms with Crippen LogP contribution in [0.2, 0.25) is 0 Å². The number of aromatic nitrogens is 2. The lowest BCUT2D eigenvalue weighted by Crippen LogP contribution is -2.41. The lowest BCUT2D eigenvalue weighted by atomic mass is 9.90. The highest BCUT2D eigenvalue weighted by Gasteiger charge is 2.51. The molecule has 2 aliphatic rings. The molecule has 24 heavy (non-hydrogen) atoms. The highest BCUT2D eigenvalue weighted by molar-refractivity contribution is 5.17. The van der Waals surface area contributed by atoms with E-state index in [4.69, 9.17) is 9.68 Å². The van der Waals surface area contributed by atoms with Crippen molar-refractivity contribution in [3.8, 4) is 0 Å². The molecule has 2 unspecified atom stereocenters. The Labute approximate surface area is 144 Å². The third-order valence-electron chi connectivity index (χ3n) is 5.57. The van der Waals surface area contributed by atoms with Crippen molar-refractivity contribution in [2.45, 2.75) is 58.7 Å². The summed E-state index contributed by atoms with van der Waals surface area (Å²) < 4.78 is 1.93. The second-order valence-corrected chi connectivity index (χ2v) is 8.03. The van der Waals surface area contributed by atoms with Crippen molar-refractivity contribution in [3.63, 3.8) is 0 Å². The fourth-order valence-corrected chi connectivity index (χ4v) is 3.33. The fourth-order valence-electron chi connectivity index (χ4n) is 3.33. The molecule has 2 atom stereocenters. The van der Waals surface area contributed by atoms with Gasteiger partial charge in [0.15, 0.2) is 0 Å². The van der Waals surface area contributed by atoms with Crippen LogP contribution in [0.3, 0.4) is 0 Å².